The van der Waals surface area contributed by atoms with Crippen molar-refractivity contribution in [3.63, 3.8) is 0 Å². The Morgan fingerprint density at radius 1 is 1.33 bits per heavy atom. The van der Waals surface area contributed by atoms with E-state index in [1.165, 1.54) is 6.07 Å². The molecule has 1 amide bonds. The summed E-state index contributed by atoms with van der Waals surface area (Å²) in [6.07, 6.45) is 2.26. The molecule has 0 atom stereocenters. The number of anilines is 1. The lowest BCUT2D eigenvalue weighted by Gasteiger charge is -2.31. The molecule has 1 aromatic rings. The zero-order valence-corrected chi connectivity index (χ0v) is 18.1. The van der Waals surface area contributed by atoms with Gasteiger partial charge < -0.3 is 24.5 Å². The fraction of sp³-hybridized carbons (Fsp3) is 0.650. The van der Waals surface area contributed by atoms with E-state index in [1.807, 2.05) is 18.7 Å². The van der Waals surface area contributed by atoms with E-state index in [4.69, 9.17) is 26.3 Å². The molecule has 2 aliphatic heterocycles. The van der Waals surface area contributed by atoms with Crippen LogP contribution >= 0.6 is 11.6 Å². The second-order valence-corrected chi connectivity index (χ2v) is 8.13. The van der Waals surface area contributed by atoms with Crippen LogP contribution in [0.1, 0.15) is 45.1 Å². The van der Waals surface area contributed by atoms with Crippen LogP contribution in [-0.4, -0.2) is 65.2 Å². The molecular weight excluding hydrogens is 415 g/mol. The number of nitrogens with zero attached hydrogens (tertiary/aromatic N) is 4. The van der Waals surface area contributed by atoms with Crippen LogP contribution < -0.4 is 4.90 Å². The van der Waals surface area contributed by atoms with Crippen molar-refractivity contribution in [2.75, 3.05) is 31.1 Å². The Labute approximate surface area is 180 Å². The fourth-order valence-corrected chi connectivity index (χ4v) is 3.66. The summed E-state index contributed by atoms with van der Waals surface area (Å²) in [6, 6.07) is 1.22. The van der Waals surface area contributed by atoms with E-state index in [9.17, 15) is 9.18 Å². The van der Waals surface area contributed by atoms with Crippen molar-refractivity contribution in [1.29, 1.82) is 0 Å². The van der Waals surface area contributed by atoms with Crippen molar-refractivity contribution in [3.05, 3.63) is 22.6 Å². The molecular formula is C20H28ClFN4O4. The van der Waals surface area contributed by atoms with Crippen molar-refractivity contribution in [2.24, 2.45) is 5.16 Å². The lowest BCUT2D eigenvalue weighted by molar-refractivity contribution is 0.00415. The van der Waals surface area contributed by atoms with E-state index >= 15 is 0 Å². The second kappa shape index (κ2) is 10.3. The van der Waals surface area contributed by atoms with E-state index in [2.05, 4.69) is 10.1 Å². The van der Waals surface area contributed by atoms with Gasteiger partial charge in [0.05, 0.1) is 18.4 Å². The van der Waals surface area contributed by atoms with E-state index in [0.717, 1.165) is 5.71 Å². The monoisotopic (exact) mass is 442 g/mol. The minimum absolute atomic E-state index is 0.0254. The van der Waals surface area contributed by atoms with Gasteiger partial charge in [0, 0.05) is 57.4 Å². The first-order valence-corrected chi connectivity index (χ1v) is 10.6. The fourth-order valence-electron chi connectivity index (χ4n) is 3.46. The first-order valence-electron chi connectivity index (χ1n) is 10.2. The van der Waals surface area contributed by atoms with Gasteiger partial charge in [0.25, 0.3) is 0 Å². The van der Waals surface area contributed by atoms with Gasteiger partial charge in [0.15, 0.2) is 11.6 Å². The standard InChI is InChI=1S/C20H28ClFN4O4/c1-13(2)29-20(28)26-9-5-16(6-10-26)30-24-15-3-7-25(8-4-15)19-17(22)11-14(12-27)18(21)23-19/h11,13,16,27H,3-10,12H2,1-2H3. The molecule has 0 aliphatic carbocycles. The van der Waals surface area contributed by atoms with Gasteiger partial charge in [0.2, 0.25) is 0 Å². The number of piperidine rings is 2. The van der Waals surface area contributed by atoms with Gasteiger partial charge in [0.1, 0.15) is 11.3 Å². The van der Waals surface area contributed by atoms with E-state index in [-0.39, 0.29) is 41.4 Å². The summed E-state index contributed by atoms with van der Waals surface area (Å²) in [5, 5.41) is 13.6. The highest BCUT2D eigenvalue weighted by molar-refractivity contribution is 6.30. The quantitative estimate of drug-likeness (QED) is 0.555. The number of hydrogen-bond donors (Lipinski definition) is 1. The van der Waals surface area contributed by atoms with Crippen molar-refractivity contribution < 1.29 is 23.9 Å². The number of rotatable bonds is 5. The van der Waals surface area contributed by atoms with Gasteiger partial charge in [-0.2, -0.15) is 0 Å². The first-order chi connectivity index (χ1) is 14.4. The van der Waals surface area contributed by atoms with E-state index in [1.54, 1.807) is 4.90 Å². The number of aliphatic hydroxyl groups excluding tert-OH is 1. The van der Waals surface area contributed by atoms with Crippen LogP contribution in [0.5, 0.6) is 0 Å². The molecule has 3 heterocycles. The number of amides is 1. The number of pyridine rings is 1. The number of aromatic nitrogens is 1. The van der Waals surface area contributed by atoms with Crippen LogP contribution in [0.15, 0.2) is 11.2 Å². The number of carbonyl (C=O) groups is 1. The summed E-state index contributed by atoms with van der Waals surface area (Å²) in [5.74, 6) is -0.305. The van der Waals surface area contributed by atoms with Gasteiger partial charge in [-0.3, -0.25) is 0 Å². The number of ether oxygens (including phenoxy) is 1. The van der Waals surface area contributed by atoms with Crippen LogP contribution in [0.2, 0.25) is 5.15 Å². The van der Waals surface area contributed by atoms with Crippen molar-refractivity contribution in [3.8, 4) is 0 Å². The third kappa shape index (κ3) is 5.72. The Balaban J connectivity index is 1.46. The molecule has 0 radical (unpaired) electrons. The molecule has 2 saturated heterocycles. The van der Waals surface area contributed by atoms with Crippen molar-refractivity contribution in [2.45, 2.75) is 58.3 Å². The van der Waals surface area contributed by atoms with Gasteiger partial charge >= 0.3 is 6.09 Å². The van der Waals surface area contributed by atoms with Gasteiger partial charge in [-0.1, -0.05) is 16.8 Å². The molecule has 1 aromatic heterocycles. The molecule has 166 valence electrons. The van der Waals surface area contributed by atoms with E-state index < -0.39 is 5.82 Å². The number of halogens is 2. The Bertz CT molecular complexity index is 774. The van der Waals surface area contributed by atoms with Crippen LogP contribution in [0.4, 0.5) is 15.0 Å². The zero-order valence-electron chi connectivity index (χ0n) is 17.3. The maximum Gasteiger partial charge on any atom is 0.410 e. The van der Waals surface area contributed by atoms with Gasteiger partial charge in [-0.15, -0.1) is 0 Å². The molecule has 0 spiro atoms. The highest BCUT2D eigenvalue weighted by Crippen LogP contribution is 2.25. The number of aliphatic hydroxyl groups is 1. The normalized spacial score (nSPS) is 18.0. The van der Waals surface area contributed by atoms with Crippen LogP contribution in [0.3, 0.4) is 0 Å². The van der Waals surface area contributed by atoms with Crippen molar-refractivity contribution >= 4 is 29.2 Å². The minimum Gasteiger partial charge on any atom is -0.447 e. The predicted octanol–water partition coefficient (Wildman–Crippen LogP) is 3.35. The lowest BCUT2D eigenvalue weighted by atomic mass is 10.1. The highest BCUT2D eigenvalue weighted by atomic mass is 35.5. The number of likely N-dealkylation sites (tertiary alicyclic amines) is 1. The minimum atomic E-state index is -0.497. The predicted molar refractivity (Wildman–Crippen MR) is 111 cm³/mol. The molecule has 10 heteroatoms. The average Bonchev–Trinajstić information content (AvgIpc) is 2.74. The molecule has 0 saturated carbocycles. The summed E-state index contributed by atoms with van der Waals surface area (Å²) >= 11 is 6.00. The summed E-state index contributed by atoms with van der Waals surface area (Å²) in [4.78, 5) is 25.2. The summed E-state index contributed by atoms with van der Waals surface area (Å²) in [5.41, 5.74) is 1.19. The largest absolute Gasteiger partial charge is 0.447 e. The molecule has 30 heavy (non-hydrogen) atoms. The first kappa shape index (κ1) is 22.6. The highest BCUT2D eigenvalue weighted by Gasteiger charge is 2.26. The van der Waals surface area contributed by atoms with Crippen LogP contribution in [0.25, 0.3) is 0 Å². The van der Waals surface area contributed by atoms with Gasteiger partial charge in [-0.05, 0) is 19.9 Å². The molecule has 1 N–H and O–H groups in total. The summed E-state index contributed by atoms with van der Waals surface area (Å²) in [7, 11) is 0. The Morgan fingerprint density at radius 2 is 2.00 bits per heavy atom. The van der Waals surface area contributed by atoms with Crippen molar-refractivity contribution in [1.82, 2.24) is 9.88 Å². The van der Waals surface area contributed by atoms with E-state index in [0.29, 0.717) is 51.9 Å². The summed E-state index contributed by atoms with van der Waals surface area (Å²) < 4.78 is 19.5. The Kier molecular flexibility index (Phi) is 7.71. The second-order valence-electron chi connectivity index (χ2n) is 7.77. The third-order valence-corrected chi connectivity index (χ3v) is 5.49. The SMILES string of the molecule is CC(C)OC(=O)N1CCC(ON=C2CCN(c3nc(Cl)c(CO)cc3F)CC2)CC1. The number of oxime groups is 1. The molecule has 0 unspecified atom stereocenters. The number of hydrogen-bond acceptors (Lipinski definition) is 7. The molecule has 0 bridgehead atoms. The lowest BCUT2D eigenvalue weighted by Crippen LogP contribution is -2.41. The Morgan fingerprint density at radius 3 is 2.60 bits per heavy atom. The molecule has 2 aliphatic rings. The van der Waals surface area contributed by atoms with Crippen LogP contribution in [0, 0.1) is 5.82 Å². The molecule has 3 rings (SSSR count). The third-order valence-electron chi connectivity index (χ3n) is 5.16. The zero-order chi connectivity index (χ0) is 21.7. The molecule has 0 aromatic carbocycles. The molecule has 2 fully saturated rings. The van der Waals surface area contributed by atoms with Gasteiger partial charge in [-0.25, -0.2) is 14.2 Å². The molecule has 8 nitrogen and oxygen atoms in total. The number of carbonyl (C=O) groups excluding carboxylic acids is 1. The average molecular weight is 443 g/mol. The maximum absolute atomic E-state index is 14.3. The topological polar surface area (TPSA) is 87.5 Å². The summed E-state index contributed by atoms with van der Waals surface area (Å²) in [6.45, 7) is 5.60. The maximum atomic E-state index is 14.3. The van der Waals surface area contributed by atoms with Crippen LogP contribution in [-0.2, 0) is 16.2 Å². The Hall–Kier alpha value is -2.13. The smallest absolute Gasteiger partial charge is 0.410 e.